The Morgan fingerprint density at radius 1 is 1.24 bits per heavy atom. The van der Waals surface area contributed by atoms with E-state index < -0.39 is 37.3 Å². The van der Waals surface area contributed by atoms with Gasteiger partial charge in [0.2, 0.25) is 6.29 Å². The van der Waals surface area contributed by atoms with Crippen molar-refractivity contribution in [1.29, 1.82) is 0 Å². The van der Waals surface area contributed by atoms with E-state index in [0.29, 0.717) is 25.1 Å². The second kappa shape index (κ2) is 7.21. The van der Waals surface area contributed by atoms with Crippen molar-refractivity contribution in [2.75, 3.05) is 19.8 Å². The average molecular weight is 303 g/mol. The lowest BCUT2D eigenvalue weighted by Crippen LogP contribution is -2.59. The summed E-state index contributed by atoms with van der Waals surface area (Å²) in [5, 5.41) is 38.4. The van der Waals surface area contributed by atoms with E-state index in [4.69, 9.17) is 25.1 Å². The van der Waals surface area contributed by atoms with Crippen molar-refractivity contribution < 1.29 is 34.6 Å². The predicted octanol–water partition coefficient (Wildman–Crippen LogP) is -2.05. The highest BCUT2D eigenvalue weighted by Gasteiger charge is 2.45. The molecule has 8 nitrogen and oxygen atoms in total. The lowest BCUT2D eigenvalue weighted by Gasteiger charge is -2.39. The van der Waals surface area contributed by atoms with Crippen molar-refractivity contribution >= 4 is 0 Å². The van der Waals surface area contributed by atoms with Gasteiger partial charge < -0.3 is 40.4 Å². The van der Waals surface area contributed by atoms with Gasteiger partial charge in [0.05, 0.1) is 6.61 Å². The molecule has 0 aromatic heterocycles. The first-order valence-electron chi connectivity index (χ1n) is 6.78. The maximum Gasteiger partial charge on any atom is 0.285 e. The number of hydrogen-bond donors (Lipinski definition) is 5. The quantitative estimate of drug-likeness (QED) is 0.392. The molecule has 0 spiro atoms. The SMILES string of the molecule is NCCC1=C(OC2O[C@H](CO)[C@@H](O)[C@H](O)[C@@H]2O)OCC=C1. The third kappa shape index (κ3) is 3.54. The van der Waals surface area contributed by atoms with Crippen LogP contribution in [-0.2, 0) is 14.2 Å². The van der Waals surface area contributed by atoms with E-state index in [0.717, 1.165) is 0 Å². The molecule has 1 saturated heterocycles. The van der Waals surface area contributed by atoms with Gasteiger partial charge in [0.25, 0.3) is 5.95 Å². The molecule has 0 bridgehead atoms. The first-order chi connectivity index (χ1) is 10.1. The fourth-order valence-corrected chi connectivity index (χ4v) is 2.20. The van der Waals surface area contributed by atoms with Crippen LogP contribution in [0.15, 0.2) is 23.7 Å². The van der Waals surface area contributed by atoms with E-state index in [1.165, 1.54) is 0 Å². The molecular formula is C13H21NO7. The molecule has 0 amide bonds. The van der Waals surface area contributed by atoms with Crippen LogP contribution in [0, 0.1) is 0 Å². The Morgan fingerprint density at radius 2 is 2.00 bits per heavy atom. The highest BCUT2D eigenvalue weighted by molar-refractivity contribution is 5.23. The van der Waals surface area contributed by atoms with Crippen molar-refractivity contribution in [2.45, 2.75) is 37.1 Å². The number of ether oxygens (including phenoxy) is 3. The number of nitrogens with two attached hydrogens (primary N) is 1. The average Bonchev–Trinajstić information content (AvgIpc) is 2.50. The van der Waals surface area contributed by atoms with Crippen LogP contribution in [0.4, 0.5) is 0 Å². The zero-order chi connectivity index (χ0) is 15.4. The van der Waals surface area contributed by atoms with Crippen LogP contribution in [0.3, 0.4) is 0 Å². The van der Waals surface area contributed by atoms with Crippen LogP contribution >= 0.6 is 0 Å². The van der Waals surface area contributed by atoms with Crippen molar-refractivity contribution in [1.82, 2.24) is 0 Å². The highest BCUT2D eigenvalue weighted by Crippen LogP contribution is 2.26. The fraction of sp³-hybridized carbons (Fsp3) is 0.692. The largest absolute Gasteiger partial charge is 0.461 e. The minimum absolute atomic E-state index is 0.160. The summed E-state index contributed by atoms with van der Waals surface area (Å²) in [5.74, 6) is 0.160. The van der Waals surface area contributed by atoms with Crippen molar-refractivity contribution in [3.8, 4) is 0 Å². The van der Waals surface area contributed by atoms with Crippen molar-refractivity contribution in [3.05, 3.63) is 23.7 Å². The third-order valence-electron chi connectivity index (χ3n) is 3.38. The van der Waals surface area contributed by atoms with E-state index in [1.54, 1.807) is 12.2 Å². The Kier molecular flexibility index (Phi) is 5.57. The van der Waals surface area contributed by atoms with Gasteiger partial charge in [0.15, 0.2) is 0 Å². The second-order valence-electron chi connectivity index (χ2n) is 4.88. The van der Waals surface area contributed by atoms with Crippen LogP contribution in [0.5, 0.6) is 0 Å². The second-order valence-corrected chi connectivity index (χ2v) is 4.88. The molecule has 120 valence electrons. The summed E-state index contributed by atoms with van der Waals surface area (Å²) < 4.78 is 16.1. The molecule has 0 saturated carbocycles. The van der Waals surface area contributed by atoms with Crippen LogP contribution < -0.4 is 5.73 Å². The standard InChI is InChI=1S/C13H21NO7/c14-4-3-7-2-1-5-19-12(7)21-13-11(18)10(17)9(16)8(6-15)20-13/h1-2,8-11,13,15-18H,3-6,14H2/t8-,9-,10+,11+,13?/m1/s1. The first-order valence-corrected chi connectivity index (χ1v) is 6.78. The molecule has 5 atom stereocenters. The monoisotopic (exact) mass is 303 g/mol. The smallest absolute Gasteiger partial charge is 0.285 e. The Morgan fingerprint density at radius 3 is 2.67 bits per heavy atom. The zero-order valence-electron chi connectivity index (χ0n) is 11.5. The number of hydrogen-bond acceptors (Lipinski definition) is 8. The molecular weight excluding hydrogens is 282 g/mol. The van der Waals surface area contributed by atoms with Crippen LogP contribution in [-0.4, -0.2) is 70.9 Å². The van der Waals surface area contributed by atoms with Gasteiger partial charge in [0.1, 0.15) is 31.0 Å². The first kappa shape index (κ1) is 16.2. The lowest BCUT2D eigenvalue weighted by atomic mass is 9.99. The lowest BCUT2D eigenvalue weighted by molar-refractivity contribution is -0.300. The molecule has 8 heteroatoms. The minimum Gasteiger partial charge on any atom is -0.461 e. The van der Waals surface area contributed by atoms with Crippen LogP contribution in [0.1, 0.15) is 6.42 Å². The van der Waals surface area contributed by atoms with Gasteiger partial charge in [-0.25, -0.2) is 0 Å². The number of aliphatic hydroxyl groups excluding tert-OH is 4. The van der Waals surface area contributed by atoms with Crippen molar-refractivity contribution in [2.24, 2.45) is 5.73 Å². The van der Waals surface area contributed by atoms with Gasteiger partial charge in [-0.15, -0.1) is 0 Å². The molecule has 2 heterocycles. The van der Waals surface area contributed by atoms with E-state index in [2.05, 4.69) is 0 Å². The molecule has 0 aromatic carbocycles. The van der Waals surface area contributed by atoms with E-state index in [1.807, 2.05) is 0 Å². The number of aliphatic hydroxyl groups is 4. The van der Waals surface area contributed by atoms with E-state index in [-0.39, 0.29) is 5.95 Å². The van der Waals surface area contributed by atoms with Crippen molar-refractivity contribution in [3.63, 3.8) is 0 Å². The van der Waals surface area contributed by atoms with Gasteiger partial charge in [-0.3, -0.25) is 0 Å². The molecule has 2 aliphatic rings. The maximum atomic E-state index is 9.91. The van der Waals surface area contributed by atoms with E-state index >= 15 is 0 Å². The van der Waals surface area contributed by atoms with Gasteiger partial charge in [0, 0.05) is 5.57 Å². The Hall–Kier alpha value is -1.16. The Labute approximate surface area is 122 Å². The van der Waals surface area contributed by atoms with Crippen LogP contribution in [0.25, 0.3) is 0 Å². The highest BCUT2D eigenvalue weighted by atomic mass is 16.8. The maximum absolute atomic E-state index is 9.91. The molecule has 6 N–H and O–H groups in total. The molecule has 1 unspecified atom stereocenters. The summed E-state index contributed by atoms with van der Waals surface area (Å²) in [6.07, 6.45) is -2.54. The topological polar surface area (TPSA) is 135 Å². The van der Waals surface area contributed by atoms with Gasteiger partial charge in [-0.1, -0.05) is 6.08 Å². The molecule has 0 radical (unpaired) electrons. The van der Waals surface area contributed by atoms with Gasteiger partial charge in [-0.05, 0) is 19.0 Å². The van der Waals surface area contributed by atoms with Gasteiger partial charge >= 0.3 is 0 Å². The molecule has 1 fully saturated rings. The zero-order valence-corrected chi connectivity index (χ0v) is 11.5. The third-order valence-corrected chi connectivity index (χ3v) is 3.38. The summed E-state index contributed by atoms with van der Waals surface area (Å²) in [5.41, 5.74) is 6.21. The molecule has 2 aliphatic heterocycles. The van der Waals surface area contributed by atoms with Gasteiger partial charge in [-0.2, -0.15) is 0 Å². The predicted molar refractivity (Wildman–Crippen MR) is 70.6 cm³/mol. The molecule has 2 rings (SSSR count). The van der Waals surface area contributed by atoms with Crippen LogP contribution in [0.2, 0.25) is 0 Å². The summed E-state index contributed by atoms with van der Waals surface area (Å²) >= 11 is 0. The number of rotatable bonds is 5. The molecule has 21 heavy (non-hydrogen) atoms. The summed E-state index contributed by atoms with van der Waals surface area (Å²) in [4.78, 5) is 0. The number of allylic oxidation sites excluding steroid dienone is 1. The summed E-state index contributed by atoms with van der Waals surface area (Å²) in [6, 6.07) is 0. The van der Waals surface area contributed by atoms with E-state index in [9.17, 15) is 15.3 Å². The normalized spacial score (nSPS) is 36.5. The molecule has 0 aromatic rings. The Balaban J connectivity index is 2.11. The fourth-order valence-electron chi connectivity index (χ4n) is 2.20. The Bertz CT molecular complexity index is 409. The summed E-state index contributed by atoms with van der Waals surface area (Å²) in [6.45, 7) is 0.186. The summed E-state index contributed by atoms with van der Waals surface area (Å²) in [7, 11) is 0. The molecule has 0 aliphatic carbocycles. The minimum atomic E-state index is -1.49.